The molecule has 106 valence electrons. The summed E-state index contributed by atoms with van der Waals surface area (Å²) in [6.45, 7) is 8.13. The minimum Gasteiger partial charge on any atom is -0.457 e. The highest BCUT2D eigenvalue weighted by atomic mass is 35.5. The van der Waals surface area contributed by atoms with Gasteiger partial charge in [0.05, 0.1) is 0 Å². The number of nitrogens with zero attached hydrogens (tertiary/aromatic N) is 1. The van der Waals surface area contributed by atoms with Gasteiger partial charge in [-0.3, -0.25) is 0 Å². The number of aromatic nitrogens is 1. The minimum atomic E-state index is 0.340. The number of pyridine rings is 1. The highest BCUT2D eigenvalue weighted by Gasteiger charge is 2.12. The van der Waals surface area contributed by atoms with Gasteiger partial charge >= 0.3 is 0 Å². The normalized spacial score (nSPS) is 10.9. The molecule has 0 saturated heterocycles. The van der Waals surface area contributed by atoms with Gasteiger partial charge in [0.25, 0.3) is 0 Å². The summed E-state index contributed by atoms with van der Waals surface area (Å²) < 4.78 is 5.98. The molecule has 1 heterocycles. The van der Waals surface area contributed by atoms with Crippen molar-refractivity contribution >= 4 is 23.2 Å². The van der Waals surface area contributed by atoms with Crippen molar-refractivity contribution in [1.82, 2.24) is 4.98 Å². The number of halogens is 2. The van der Waals surface area contributed by atoms with E-state index >= 15 is 0 Å². The highest BCUT2D eigenvalue weighted by molar-refractivity contribution is 6.31. The Labute approximate surface area is 129 Å². The number of hydrogen-bond donors (Lipinski definition) is 0. The summed E-state index contributed by atoms with van der Waals surface area (Å²) in [7, 11) is 0. The van der Waals surface area contributed by atoms with E-state index in [0.29, 0.717) is 16.8 Å². The molecule has 0 spiro atoms. The van der Waals surface area contributed by atoms with Crippen LogP contribution in [0.4, 0.5) is 0 Å². The maximum Gasteiger partial charge on any atom is 0.134 e. The molecule has 0 unspecified atom stereocenters. The lowest BCUT2D eigenvalue weighted by Crippen LogP contribution is -1.95. The zero-order chi connectivity index (χ0) is 14.9. The summed E-state index contributed by atoms with van der Waals surface area (Å²) in [6.07, 6.45) is 1.70. The predicted molar refractivity (Wildman–Crippen MR) is 84.3 cm³/mol. The molecular formula is C16H17Cl2NO. The molecule has 0 fully saturated rings. The molecule has 0 aliphatic heterocycles. The van der Waals surface area contributed by atoms with Crippen molar-refractivity contribution in [3.05, 3.63) is 51.3 Å². The van der Waals surface area contributed by atoms with E-state index in [-0.39, 0.29) is 0 Å². The van der Waals surface area contributed by atoms with Crippen LogP contribution in [-0.4, -0.2) is 4.98 Å². The lowest BCUT2D eigenvalue weighted by Gasteiger charge is -2.15. The first-order valence-corrected chi connectivity index (χ1v) is 7.24. The molecule has 0 atom stereocenters. The van der Waals surface area contributed by atoms with Crippen molar-refractivity contribution in [3.8, 4) is 11.5 Å². The van der Waals surface area contributed by atoms with E-state index < -0.39 is 0 Å². The fourth-order valence-electron chi connectivity index (χ4n) is 1.93. The Hall–Kier alpha value is -1.25. The first-order chi connectivity index (χ1) is 9.38. The molecule has 0 saturated carbocycles. The summed E-state index contributed by atoms with van der Waals surface area (Å²) in [5.41, 5.74) is 3.01. The fourth-order valence-corrected chi connectivity index (χ4v) is 2.52. The molecule has 2 rings (SSSR count). The lowest BCUT2D eigenvalue weighted by molar-refractivity contribution is 0.473. The molecule has 0 aliphatic rings. The first kappa shape index (κ1) is 15.1. The third-order valence-electron chi connectivity index (χ3n) is 3.16. The van der Waals surface area contributed by atoms with Gasteiger partial charge in [-0.2, -0.15) is 0 Å². The molecule has 0 N–H and O–H groups in total. The Balaban J connectivity index is 2.43. The fraction of sp³-hybridized carbons (Fsp3) is 0.312. The maximum atomic E-state index is 6.27. The van der Waals surface area contributed by atoms with Gasteiger partial charge in [0.15, 0.2) is 0 Å². The van der Waals surface area contributed by atoms with E-state index in [4.69, 9.17) is 27.9 Å². The van der Waals surface area contributed by atoms with Crippen molar-refractivity contribution in [2.24, 2.45) is 0 Å². The Kier molecular flexibility index (Phi) is 4.56. The molecule has 20 heavy (non-hydrogen) atoms. The molecular weight excluding hydrogens is 293 g/mol. The molecule has 0 aliphatic carbocycles. The SMILES string of the molecule is Cc1cnc(Cl)cc1Oc1cc(C(C)C)c(Cl)cc1C. The average Bonchev–Trinajstić information content (AvgIpc) is 2.36. The van der Waals surface area contributed by atoms with Gasteiger partial charge in [0.1, 0.15) is 16.7 Å². The third-order valence-corrected chi connectivity index (χ3v) is 3.69. The van der Waals surface area contributed by atoms with E-state index in [9.17, 15) is 0 Å². The van der Waals surface area contributed by atoms with Gasteiger partial charge in [-0.05, 0) is 43.0 Å². The van der Waals surface area contributed by atoms with E-state index in [1.807, 2.05) is 26.0 Å². The average molecular weight is 310 g/mol. The van der Waals surface area contributed by atoms with Crippen LogP contribution in [0.1, 0.15) is 36.5 Å². The van der Waals surface area contributed by atoms with E-state index in [1.54, 1.807) is 12.3 Å². The van der Waals surface area contributed by atoms with Crippen LogP contribution < -0.4 is 4.74 Å². The molecule has 0 amide bonds. The van der Waals surface area contributed by atoms with Crippen LogP contribution in [0.3, 0.4) is 0 Å². The number of benzene rings is 1. The highest BCUT2D eigenvalue weighted by Crippen LogP contribution is 2.35. The van der Waals surface area contributed by atoms with Crippen LogP contribution in [0.15, 0.2) is 24.4 Å². The first-order valence-electron chi connectivity index (χ1n) is 6.48. The van der Waals surface area contributed by atoms with E-state index in [2.05, 4.69) is 18.8 Å². The Morgan fingerprint density at radius 3 is 2.30 bits per heavy atom. The molecule has 0 bridgehead atoms. The number of rotatable bonds is 3. The van der Waals surface area contributed by atoms with Gasteiger partial charge in [-0.25, -0.2) is 4.98 Å². The van der Waals surface area contributed by atoms with Crippen LogP contribution in [0.5, 0.6) is 11.5 Å². The van der Waals surface area contributed by atoms with Crippen molar-refractivity contribution in [2.45, 2.75) is 33.6 Å². The number of hydrogen-bond acceptors (Lipinski definition) is 2. The summed E-state index contributed by atoms with van der Waals surface area (Å²) in [6, 6.07) is 5.65. The number of ether oxygens (including phenoxy) is 1. The Bertz CT molecular complexity index is 639. The van der Waals surface area contributed by atoms with Crippen LogP contribution >= 0.6 is 23.2 Å². The summed E-state index contributed by atoms with van der Waals surface area (Å²) in [4.78, 5) is 4.03. The standard InChI is InChI=1S/C16H17Cl2NO/c1-9(2)12-6-14(10(3)5-13(12)17)20-15-7-16(18)19-8-11(15)4/h5-9H,1-4H3. The van der Waals surface area contributed by atoms with Gasteiger partial charge in [0, 0.05) is 22.8 Å². The predicted octanol–water partition coefficient (Wildman–Crippen LogP) is 5.92. The Morgan fingerprint density at radius 1 is 1.00 bits per heavy atom. The smallest absolute Gasteiger partial charge is 0.134 e. The molecule has 1 aromatic heterocycles. The topological polar surface area (TPSA) is 22.1 Å². The lowest BCUT2D eigenvalue weighted by atomic mass is 10.0. The second-order valence-electron chi connectivity index (χ2n) is 5.17. The van der Waals surface area contributed by atoms with E-state index in [1.165, 1.54) is 0 Å². The van der Waals surface area contributed by atoms with Gasteiger partial charge < -0.3 is 4.74 Å². The molecule has 2 aromatic rings. The van der Waals surface area contributed by atoms with Crippen molar-refractivity contribution in [2.75, 3.05) is 0 Å². The van der Waals surface area contributed by atoms with Crippen LogP contribution in [-0.2, 0) is 0 Å². The molecule has 1 aromatic carbocycles. The van der Waals surface area contributed by atoms with Gasteiger partial charge in [-0.1, -0.05) is 37.0 Å². The van der Waals surface area contributed by atoms with Crippen molar-refractivity contribution < 1.29 is 4.74 Å². The zero-order valence-corrected chi connectivity index (χ0v) is 13.5. The van der Waals surface area contributed by atoms with E-state index in [0.717, 1.165) is 27.5 Å². The van der Waals surface area contributed by atoms with Crippen LogP contribution in [0.25, 0.3) is 0 Å². The zero-order valence-electron chi connectivity index (χ0n) is 12.0. The molecule has 0 radical (unpaired) electrons. The minimum absolute atomic E-state index is 0.340. The summed E-state index contributed by atoms with van der Waals surface area (Å²) >= 11 is 12.2. The monoisotopic (exact) mass is 309 g/mol. The second kappa shape index (κ2) is 6.02. The van der Waals surface area contributed by atoms with Crippen molar-refractivity contribution in [3.63, 3.8) is 0 Å². The summed E-state index contributed by atoms with van der Waals surface area (Å²) in [5, 5.41) is 1.19. The van der Waals surface area contributed by atoms with Gasteiger partial charge in [0.2, 0.25) is 0 Å². The van der Waals surface area contributed by atoms with Crippen LogP contribution in [0.2, 0.25) is 10.2 Å². The third kappa shape index (κ3) is 3.25. The van der Waals surface area contributed by atoms with Crippen molar-refractivity contribution in [1.29, 1.82) is 0 Å². The largest absolute Gasteiger partial charge is 0.457 e. The van der Waals surface area contributed by atoms with Gasteiger partial charge in [-0.15, -0.1) is 0 Å². The second-order valence-corrected chi connectivity index (χ2v) is 5.96. The summed E-state index contributed by atoms with van der Waals surface area (Å²) in [5.74, 6) is 1.85. The number of aryl methyl sites for hydroxylation is 2. The molecule has 4 heteroatoms. The maximum absolute atomic E-state index is 6.27. The quantitative estimate of drug-likeness (QED) is 0.656. The Morgan fingerprint density at radius 2 is 1.65 bits per heavy atom. The molecule has 2 nitrogen and oxygen atoms in total. The van der Waals surface area contributed by atoms with Crippen LogP contribution in [0, 0.1) is 13.8 Å².